The Morgan fingerprint density at radius 1 is 1.31 bits per heavy atom. The fourth-order valence-corrected chi connectivity index (χ4v) is 5.44. The molecule has 0 aliphatic rings. The second-order valence-electron chi connectivity index (χ2n) is 6.43. The van der Waals surface area contributed by atoms with E-state index in [1.54, 1.807) is 36.0 Å². The lowest BCUT2D eigenvalue weighted by atomic mass is 10.2. The van der Waals surface area contributed by atoms with Gasteiger partial charge in [-0.1, -0.05) is 49.1 Å². The molecule has 0 aliphatic carbocycles. The van der Waals surface area contributed by atoms with Crippen LogP contribution < -0.4 is 14.4 Å². The van der Waals surface area contributed by atoms with Crippen LogP contribution in [-0.2, 0) is 14.8 Å². The number of nitrogens with zero attached hydrogens (tertiary/aromatic N) is 3. The van der Waals surface area contributed by atoms with Gasteiger partial charge in [-0.25, -0.2) is 8.42 Å². The number of carbonyl (C=O) groups excluding carboxylic acids is 1. The average molecular weight is 459 g/mol. The molecule has 0 saturated heterocycles. The van der Waals surface area contributed by atoms with E-state index in [1.165, 1.54) is 15.6 Å². The highest BCUT2D eigenvalue weighted by atomic mass is 32.2. The molecular weight excluding hydrogens is 432 g/mol. The zero-order valence-electron chi connectivity index (χ0n) is 16.9. The number of sulfonamides is 1. The Hall–Kier alpha value is -1.85. The van der Waals surface area contributed by atoms with Crippen molar-refractivity contribution in [3.8, 4) is 5.75 Å². The molecule has 0 fully saturated rings. The molecule has 0 unspecified atom stereocenters. The molecule has 1 aromatic carbocycles. The van der Waals surface area contributed by atoms with E-state index in [-0.39, 0.29) is 18.9 Å². The lowest BCUT2D eigenvalue weighted by Gasteiger charge is -2.24. The van der Waals surface area contributed by atoms with Gasteiger partial charge < -0.3 is 10.1 Å². The first kappa shape index (κ1) is 23.4. The molecule has 160 valence electrons. The molecule has 1 heterocycles. The highest BCUT2D eigenvalue weighted by Crippen LogP contribution is 2.30. The van der Waals surface area contributed by atoms with Crippen molar-refractivity contribution in [1.82, 2.24) is 10.2 Å². The molecule has 0 aliphatic heterocycles. The molecule has 8 nitrogen and oxygen atoms in total. The number of amides is 1. The Morgan fingerprint density at radius 3 is 2.69 bits per heavy atom. The minimum atomic E-state index is -3.53. The Morgan fingerprint density at radius 2 is 2.03 bits per heavy atom. The number of ether oxygens (including phenoxy) is 1. The number of benzene rings is 1. The number of carbonyl (C=O) groups is 1. The molecule has 2 rings (SSSR count). The van der Waals surface area contributed by atoms with E-state index in [9.17, 15) is 13.2 Å². The fraction of sp³-hybridized carbons (Fsp3) is 0.500. The molecule has 0 bridgehead atoms. The highest BCUT2D eigenvalue weighted by molar-refractivity contribution is 8.01. The van der Waals surface area contributed by atoms with Gasteiger partial charge in [-0.15, -0.1) is 10.2 Å². The topological polar surface area (TPSA) is 101 Å². The number of anilines is 2. The average Bonchev–Trinajstić information content (AvgIpc) is 3.05. The number of thioether (sulfide) groups is 1. The van der Waals surface area contributed by atoms with Crippen molar-refractivity contribution in [2.24, 2.45) is 0 Å². The summed E-state index contributed by atoms with van der Waals surface area (Å²) in [6.45, 7) is 6.55. The van der Waals surface area contributed by atoms with E-state index in [1.807, 2.05) is 6.92 Å². The van der Waals surface area contributed by atoms with E-state index >= 15 is 0 Å². The SMILES string of the molecule is CCOc1ccccc1N(CCCC(=O)Nc1nnc(SC(C)C)s1)S(C)(=O)=O. The van der Waals surface area contributed by atoms with Crippen LogP contribution in [0.25, 0.3) is 0 Å². The van der Waals surface area contributed by atoms with Crippen LogP contribution in [0.2, 0.25) is 0 Å². The summed E-state index contributed by atoms with van der Waals surface area (Å²) < 4.78 is 32.2. The third kappa shape index (κ3) is 7.48. The minimum absolute atomic E-state index is 0.162. The number of rotatable bonds is 11. The van der Waals surface area contributed by atoms with Gasteiger partial charge in [-0.2, -0.15) is 0 Å². The summed E-state index contributed by atoms with van der Waals surface area (Å²) in [6, 6.07) is 6.97. The molecule has 1 aromatic heterocycles. The van der Waals surface area contributed by atoms with Crippen molar-refractivity contribution in [3.63, 3.8) is 0 Å². The second-order valence-corrected chi connectivity index (χ2v) is 11.1. The first-order chi connectivity index (χ1) is 13.7. The van der Waals surface area contributed by atoms with Crippen LogP contribution in [0.3, 0.4) is 0 Å². The molecule has 1 amide bonds. The van der Waals surface area contributed by atoms with Crippen LogP contribution in [0.15, 0.2) is 28.6 Å². The van der Waals surface area contributed by atoms with Crippen LogP contribution in [0.1, 0.15) is 33.6 Å². The Bertz CT molecular complexity index is 915. The van der Waals surface area contributed by atoms with Crippen molar-refractivity contribution in [2.45, 2.75) is 43.2 Å². The zero-order chi connectivity index (χ0) is 21.4. The predicted molar refractivity (Wildman–Crippen MR) is 119 cm³/mol. The van der Waals surface area contributed by atoms with Gasteiger partial charge in [-0.05, 0) is 25.5 Å². The van der Waals surface area contributed by atoms with Gasteiger partial charge in [0.1, 0.15) is 5.75 Å². The standard InChI is InChI=1S/C18H26N4O4S3/c1-5-26-15-10-7-6-9-14(15)22(29(4,24)25)12-8-11-16(23)19-17-20-21-18(28-17)27-13(2)3/h6-7,9-10,13H,5,8,11-12H2,1-4H3,(H,19,20,23). The summed E-state index contributed by atoms with van der Waals surface area (Å²) in [4.78, 5) is 12.2. The van der Waals surface area contributed by atoms with Gasteiger partial charge >= 0.3 is 0 Å². The third-order valence-corrected chi connectivity index (χ3v) is 6.70. The van der Waals surface area contributed by atoms with Crippen molar-refractivity contribution in [2.75, 3.05) is 29.0 Å². The van der Waals surface area contributed by atoms with Crippen LogP contribution in [0.5, 0.6) is 5.75 Å². The summed E-state index contributed by atoms with van der Waals surface area (Å²) in [5.74, 6) is 0.266. The van der Waals surface area contributed by atoms with Crippen molar-refractivity contribution in [1.29, 1.82) is 0 Å². The second kappa shape index (κ2) is 10.8. The first-order valence-corrected chi connectivity index (χ1v) is 12.7. The highest BCUT2D eigenvalue weighted by Gasteiger charge is 2.21. The smallest absolute Gasteiger partial charge is 0.232 e. The van der Waals surface area contributed by atoms with E-state index in [4.69, 9.17) is 4.74 Å². The molecule has 0 spiro atoms. The zero-order valence-corrected chi connectivity index (χ0v) is 19.4. The quantitative estimate of drug-likeness (QED) is 0.405. The van der Waals surface area contributed by atoms with E-state index in [0.29, 0.717) is 34.8 Å². The van der Waals surface area contributed by atoms with E-state index in [0.717, 1.165) is 10.6 Å². The summed E-state index contributed by atoms with van der Waals surface area (Å²) in [6.07, 6.45) is 1.66. The van der Waals surface area contributed by atoms with Crippen LogP contribution in [0, 0.1) is 0 Å². The number of hydrogen-bond acceptors (Lipinski definition) is 8. The summed E-state index contributed by atoms with van der Waals surface area (Å²) in [7, 11) is -3.53. The molecule has 29 heavy (non-hydrogen) atoms. The van der Waals surface area contributed by atoms with Crippen LogP contribution in [0.4, 0.5) is 10.8 Å². The maximum absolute atomic E-state index is 12.3. The van der Waals surface area contributed by atoms with Gasteiger partial charge in [-0.3, -0.25) is 9.10 Å². The largest absolute Gasteiger partial charge is 0.492 e. The molecule has 0 radical (unpaired) electrons. The van der Waals surface area contributed by atoms with Gasteiger partial charge in [0.15, 0.2) is 4.34 Å². The maximum atomic E-state index is 12.3. The van der Waals surface area contributed by atoms with Gasteiger partial charge in [0.05, 0.1) is 18.6 Å². The number of aromatic nitrogens is 2. The van der Waals surface area contributed by atoms with Crippen molar-refractivity contribution >= 4 is 49.8 Å². The fourth-order valence-electron chi connectivity index (χ4n) is 2.48. The molecule has 0 saturated carbocycles. The number of hydrogen-bond donors (Lipinski definition) is 1. The predicted octanol–water partition coefficient (Wildman–Crippen LogP) is 3.62. The monoisotopic (exact) mass is 458 g/mol. The Kier molecular flexibility index (Phi) is 8.72. The lowest BCUT2D eigenvalue weighted by molar-refractivity contribution is -0.116. The molecular formula is C18H26N4O4S3. The summed E-state index contributed by atoms with van der Waals surface area (Å²) >= 11 is 2.91. The molecule has 11 heteroatoms. The van der Waals surface area contributed by atoms with E-state index in [2.05, 4.69) is 29.4 Å². The minimum Gasteiger partial charge on any atom is -0.492 e. The summed E-state index contributed by atoms with van der Waals surface area (Å²) in [5.41, 5.74) is 0.469. The van der Waals surface area contributed by atoms with Gasteiger partial charge in [0, 0.05) is 18.2 Å². The van der Waals surface area contributed by atoms with Gasteiger partial charge in [0.2, 0.25) is 21.1 Å². The Labute approximate surface area is 180 Å². The van der Waals surface area contributed by atoms with Crippen LogP contribution in [-0.4, -0.2) is 49.2 Å². The van der Waals surface area contributed by atoms with Crippen molar-refractivity contribution in [3.05, 3.63) is 24.3 Å². The number of para-hydroxylation sites is 2. The lowest BCUT2D eigenvalue weighted by Crippen LogP contribution is -2.31. The third-order valence-electron chi connectivity index (χ3n) is 3.59. The van der Waals surface area contributed by atoms with Gasteiger partial charge in [0.25, 0.3) is 0 Å². The Balaban J connectivity index is 1.97. The van der Waals surface area contributed by atoms with Crippen LogP contribution >= 0.6 is 23.1 Å². The van der Waals surface area contributed by atoms with E-state index < -0.39 is 10.0 Å². The summed E-state index contributed by atoms with van der Waals surface area (Å²) in [5, 5.41) is 11.5. The first-order valence-electron chi connectivity index (χ1n) is 9.20. The molecule has 0 atom stereocenters. The number of nitrogens with one attached hydrogen (secondary N) is 1. The molecule has 2 aromatic rings. The van der Waals surface area contributed by atoms with Crippen molar-refractivity contribution < 1.29 is 17.9 Å². The normalized spacial score (nSPS) is 11.5. The molecule has 1 N–H and O–H groups in total. The maximum Gasteiger partial charge on any atom is 0.232 e.